The fourth-order valence-electron chi connectivity index (χ4n) is 2.23. The predicted molar refractivity (Wildman–Crippen MR) is 81.2 cm³/mol. The van der Waals surface area contributed by atoms with Crippen LogP contribution in [0.4, 0.5) is 4.79 Å². The van der Waals surface area contributed by atoms with Crippen molar-refractivity contribution in [3.05, 3.63) is 35.8 Å². The Kier molecular flexibility index (Phi) is 5.35. The van der Waals surface area contributed by atoms with Gasteiger partial charge in [-0.15, -0.1) is 0 Å². The summed E-state index contributed by atoms with van der Waals surface area (Å²) in [6.45, 7) is 4.49. The molecule has 3 amide bonds. The SMILES string of the molecule is CC1=C(C(=O)NCCCOc2cccnc2)C(C)NC(=O)N1. The summed E-state index contributed by atoms with van der Waals surface area (Å²) in [5.74, 6) is 0.527. The van der Waals surface area contributed by atoms with Crippen LogP contribution >= 0.6 is 0 Å². The first-order chi connectivity index (χ1) is 10.6. The van der Waals surface area contributed by atoms with Gasteiger partial charge in [0, 0.05) is 18.4 Å². The van der Waals surface area contributed by atoms with E-state index in [9.17, 15) is 9.59 Å². The third-order valence-corrected chi connectivity index (χ3v) is 3.24. The summed E-state index contributed by atoms with van der Waals surface area (Å²) in [6, 6.07) is 3.04. The number of amides is 3. The van der Waals surface area contributed by atoms with Crippen LogP contribution in [0.2, 0.25) is 0 Å². The number of aromatic nitrogens is 1. The second-order valence-corrected chi connectivity index (χ2v) is 5.01. The average molecular weight is 304 g/mol. The van der Waals surface area contributed by atoms with Gasteiger partial charge in [0.2, 0.25) is 0 Å². The molecule has 3 N–H and O–H groups in total. The van der Waals surface area contributed by atoms with Gasteiger partial charge in [-0.05, 0) is 32.4 Å². The van der Waals surface area contributed by atoms with E-state index in [4.69, 9.17) is 4.74 Å². The first-order valence-corrected chi connectivity index (χ1v) is 7.17. The summed E-state index contributed by atoms with van der Waals surface area (Å²) >= 11 is 0. The number of ether oxygens (including phenoxy) is 1. The Balaban J connectivity index is 1.74. The molecular weight excluding hydrogens is 284 g/mol. The van der Waals surface area contributed by atoms with Gasteiger partial charge in [-0.3, -0.25) is 9.78 Å². The number of pyridine rings is 1. The molecule has 0 radical (unpaired) electrons. The van der Waals surface area contributed by atoms with Crippen LogP contribution < -0.4 is 20.7 Å². The number of carbonyl (C=O) groups excluding carboxylic acids is 2. The van der Waals surface area contributed by atoms with E-state index in [0.717, 1.165) is 0 Å². The molecule has 0 spiro atoms. The Morgan fingerprint density at radius 1 is 1.50 bits per heavy atom. The number of urea groups is 1. The van der Waals surface area contributed by atoms with Crippen molar-refractivity contribution in [2.75, 3.05) is 13.2 Å². The van der Waals surface area contributed by atoms with Crippen LogP contribution in [-0.4, -0.2) is 36.1 Å². The molecular formula is C15H20N4O3. The number of rotatable bonds is 6. The number of hydrogen-bond donors (Lipinski definition) is 3. The fraction of sp³-hybridized carbons (Fsp3) is 0.400. The maximum atomic E-state index is 12.1. The van der Waals surface area contributed by atoms with Gasteiger partial charge >= 0.3 is 6.03 Å². The van der Waals surface area contributed by atoms with Crippen molar-refractivity contribution in [3.63, 3.8) is 0 Å². The van der Waals surface area contributed by atoms with Crippen molar-refractivity contribution >= 4 is 11.9 Å². The Hall–Kier alpha value is -2.57. The molecule has 7 nitrogen and oxygen atoms in total. The lowest BCUT2D eigenvalue weighted by atomic mass is 10.0. The first kappa shape index (κ1) is 15.8. The van der Waals surface area contributed by atoms with E-state index in [1.54, 1.807) is 32.3 Å². The Labute approximate surface area is 129 Å². The highest BCUT2D eigenvalue weighted by Crippen LogP contribution is 2.11. The van der Waals surface area contributed by atoms with Gasteiger partial charge in [0.05, 0.1) is 24.4 Å². The minimum atomic E-state index is -0.305. The zero-order chi connectivity index (χ0) is 15.9. The number of nitrogens with zero attached hydrogens (tertiary/aromatic N) is 1. The summed E-state index contributed by atoms with van der Waals surface area (Å²) in [7, 11) is 0. The Morgan fingerprint density at radius 3 is 3.00 bits per heavy atom. The molecule has 1 unspecified atom stereocenters. The quantitative estimate of drug-likeness (QED) is 0.682. The maximum absolute atomic E-state index is 12.1. The average Bonchev–Trinajstić information content (AvgIpc) is 2.47. The zero-order valence-electron chi connectivity index (χ0n) is 12.7. The van der Waals surface area contributed by atoms with Crippen molar-refractivity contribution in [3.8, 4) is 5.75 Å². The number of carbonyl (C=O) groups is 2. The summed E-state index contributed by atoms with van der Waals surface area (Å²) in [6.07, 6.45) is 4.01. The normalized spacial score (nSPS) is 17.5. The molecule has 1 aliphatic rings. The van der Waals surface area contributed by atoms with Crippen molar-refractivity contribution in [2.45, 2.75) is 26.3 Å². The summed E-state index contributed by atoms with van der Waals surface area (Å²) in [4.78, 5) is 27.4. The van der Waals surface area contributed by atoms with Crippen molar-refractivity contribution < 1.29 is 14.3 Å². The predicted octanol–water partition coefficient (Wildman–Crippen LogP) is 0.942. The van der Waals surface area contributed by atoms with E-state index < -0.39 is 0 Å². The third-order valence-electron chi connectivity index (χ3n) is 3.24. The Bertz CT molecular complexity index is 571. The second kappa shape index (κ2) is 7.44. The molecule has 2 heterocycles. The first-order valence-electron chi connectivity index (χ1n) is 7.17. The van der Waals surface area contributed by atoms with Crippen LogP contribution in [-0.2, 0) is 4.79 Å². The van der Waals surface area contributed by atoms with Crippen molar-refractivity contribution in [1.82, 2.24) is 20.9 Å². The minimum Gasteiger partial charge on any atom is -0.492 e. The number of allylic oxidation sites excluding steroid dienone is 1. The van der Waals surface area contributed by atoms with Crippen LogP contribution in [0.1, 0.15) is 20.3 Å². The zero-order valence-corrected chi connectivity index (χ0v) is 12.7. The molecule has 118 valence electrons. The molecule has 0 saturated heterocycles. The van der Waals surface area contributed by atoms with Crippen LogP contribution in [0.25, 0.3) is 0 Å². The fourth-order valence-corrected chi connectivity index (χ4v) is 2.23. The second-order valence-electron chi connectivity index (χ2n) is 5.01. The molecule has 0 fully saturated rings. The van der Waals surface area contributed by atoms with Crippen molar-refractivity contribution in [2.24, 2.45) is 0 Å². The largest absolute Gasteiger partial charge is 0.492 e. The highest BCUT2D eigenvalue weighted by atomic mass is 16.5. The number of nitrogens with one attached hydrogen (secondary N) is 3. The monoisotopic (exact) mass is 304 g/mol. The van der Waals surface area contributed by atoms with Gasteiger partial charge in [0.25, 0.3) is 5.91 Å². The summed E-state index contributed by atoms with van der Waals surface area (Å²) < 4.78 is 5.49. The molecule has 1 aliphatic heterocycles. The van der Waals surface area contributed by atoms with Gasteiger partial charge in [0.1, 0.15) is 5.75 Å². The van der Waals surface area contributed by atoms with E-state index in [2.05, 4.69) is 20.9 Å². The van der Waals surface area contributed by atoms with Gasteiger partial charge in [-0.25, -0.2) is 4.79 Å². The van der Waals surface area contributed by atoms with Gasteiger partial charge in [0.15, 0.2) is 0 Å². The number of hydrogen-bond acceptors (Lipinski definition) is 4. The molecule has 0 aromatic carbocycles. The van der Waals surface area contributed by atoms with Crippen molar-refractivity contribution in [1.29, 1.82) is 0 Å². The molecule has 7 heteroatoms. The molecule has 22 heavy (non-hydrogen) atoms. The third kappa shape index (κ3) is 4.21. The van der Waals surface area contributed by atoms with Gasteiger partial charge < -0.3 is 20.7 Å². The maximum Gasteiger partial charge on any atom is 0.319 e. The molecule has 0 bridgehead atoms. The smallest absolute Gasteiger partial charge is 0.319 e. The molecule has 1 aromatic rings. The lowest BCUT2D eigenvalue weighted by Crippen LogP contribution is -2.50. The molecule has 0 aliphatic carbocycles. The summed E-state index contributed by atoms with van der Waals surface area (Å²) in [5, 5.41) is 8.09. The topological polar surface area (TPSA) is 92.3 Å². The standard InChI is InChI=1S/C15H20N4O3/c1-10-13(11(2)19-15(21)18-10)14(20)17-7-4-8-22-12-5-3-6-16-9-12/h3,5-6,9-10H,4,7-8H2,1-2H3,(H,17,20)(H2,18,19,21). The van der Waals surface area contributed by atoms with Gasteiger partial charge in [-0.2, -0.15) is 0 Å². The molecule has 1 aromatic heterocycles. The molecule has 1 atom stereocenters. The van der Waals surface area contributed by atoms with E-state index in [-0.39, 0.29) is 18.0 Å². The van der Waals surface area contributed by atoms with Gasteiger partial charge in [-0.1, -0.05) is 0 Å². The lowest BCUT2D eigenvalue weighted by molar-refractivity contribution is -0.117. The van der Waals surface area contributed by atoms with Crippen LogP contribution in [0.5, 0.6) is 5.75 Å². The van der Waals surface area contributed by atoms with Crippen LogP contribution in [0.3, 0.4) is 0 Å². The Morgan fingerprint density at radius 2 is 2.32 bits per heavy atom. The summed E-state index contributed by atoms with van der Waals surface area (Å²) in [5.41, 5.74) is 1.13. The molecule has 2 rings (SSSR count). The van der Waals surface area contributed by atoms with E-state index >= 15 is 0 Å². The van der Waals surface area contributed by atoms with E-state index in [0.29, 0.717) is 36.6 Å². The minimum absolute atomic E-state index is 0.182. The molecule has 0 saturated carbocycles. The highest BCUT2D eigenvalue weighted by molar-refractivity contribution is 5.98. The lowest BCUT2D eigenvalue weighted by Gasteiger charge is -2.25. The van der Waals surface area contributed by atoms with E-state index in [1.807, 2.05) is 6.07 Å². The van der Waals surface area contributed by atoms with E-state index in [1.165, 1.54) is 0 Å². The van der Waals surface area contributed by atoms with Crippen LogP contribution in [0, 0.1) is 0 Å². The highest BCUT2D eigenvalue weighted by Gasteiger charge is 2.26. The van der Waals surface area contributed by atoms with Crippen LogP contribution in [0.15, 0.2) is 35.8 Å².